The molecule has 7 aromatic carbocycles. The van der Waals surface area contributed by atoms with E-state index in [2.05, 4.69) is 187 Å². The van der Waals surface area contributed by atoms with Gasteiger partial charge >= 0.3 is 0 Å². The van der Waals surface area contributed by atoms with Crippen LogP contribution in [0.2, 0.25) is 0 Å². The van der Waals surface area contributed by atoms with E-state index in [0.717, 1.165) is 89.2 Å². The highest BCUT2D eigenvalue weighted by Crippen LogP contribution is 2.42. The molecule has 8 aromatic rings. The molecule has 0 spiro atoms. The van der Waals surface area contributed by atoms with Crippen molar-refractivity contribution < 1.29 is 4.42 Å². The van der Waals surface area contributed by atoms with E-state index in [1.54, 1.807) is 0 Å². The van der Waals surface area contributed by atoms with Gasteiger partial charge in [-0.3, -0.25) is 0 Å². The second-order valence-electron chi connectivity index (χ2n) is 12.7. The molecule has 51 heavy (non-hydrogen) atoms. The summed E-state index contributed by atoms with van der Waals surface area (Å²) in [6.07, 6.45) is 6.51. The number of fused-ring (bicyclic) bond motifs is 4. The molecule has 0 saturated carbocycles. The fraction of sp³-hybridized carbons (Fsp3) is 0. The van der Waals surface area contributed by atoms with E-state index < -0.39 is 0 Å². The average molecular weight is 655 g/mol. The Hall–Kier alpha value is -6.84. The van der Waals surface area contributed by atoms with Crippen LogP contribution in [0, 0.1) is 0 Å². The Bertz CT molecular complexity index is 2630. The maximum atomic E-state index is 6.23. The fourth-order valence-corrected chi connectivity index (χ4v) is 7.12. The molecule has 0 saturated heterocycles. The molecule has 1 aromatic heterocycles. The molecule has 1 aliphatic rings. The van der Waals surface area contributed by atoms with Gasteiger partial charge in [0.05, 0.1) is 5.69 Å². The van der Waals surface area contributed by atoms with Crippen LogP contribution in [0.3, 0.4) is 0 Å². The van der Waals surface area contributed by atoms with E-state index in [0.29, 0.717) is 0 Å². The third-order valence-corrected chi connectivity index (χ3v) is 9.62. The number of nitrogens with zero attached hydrogens (tertiary/aromatic N) is 1. The zero-order valence-electron chi connectivity index (χ0n) is 28.0. The third kappa shape index (κ3) is 5.61. The fourth-order valence-electron chi connectivity index (χ4n) is 7.12. The first-order valence-corrected chi connectivity index (χ1v) is 17.2. The molecule has 1 aliphatic heterocycles. The Morgan fingerprint density at radius 1 is 0.471 bits per heavy atom. The van der Waals surface area contributed by atoms with Crippen LogP contribution in [0.4, 0.5) is 22.7 Å². The third-order valence-electron chi connectivity index (χ3n) is 9.62. The Labute approximate surface area is 297 Å². The molecule has 242 valence electrons. The second-order valence-corrected chi connectivity index (χ2v) is 12.7. The minimum atomic E-state index is 0.888. The minimum absolute atomic E-state index is 0.888. The summed E-state index contributed by atoms with van der Waals surface area (Å²) < 4.78 is 6.23. The van der Waals surface area contributed by atoms with Crippen LogP contribution in [-0.2, 0) is 0 Å². The van der Waals surface area contributed by atoms with Gasteiger partial charge in [-0.25, -0.2) is 0 Å². The quantitative estimate of drug-likeness (QED) is 0.193. The van der Waals surface area contributed by atoms with E-state index in [1.165, 1.54) is 0 Å². The lowest BCUT2D eigenvalue weighted by Gasteiger charge is -2.26. The number of allylic oxidation sites excluding steroid dienone is 4. The molecule has 0 radical (unpaired) electrons. The Morgan fingerprint density at radius 3 is 1.90 bits per heavy atom. The zero-order chi connectivity index (χ0) is 34.1. The van der Waals surface area contributed by atoms with Gasteiger partial charge in [-0.1, -0.05) is 146 Å². The van der Waals surface area contributed by atoms with Crippen molar-refractivity contribution in [1.82, 2.24) is 0 Å². The lowest BCUT2D eigenvalue weighted by atomic mass is 9.96. The minimum Gasteiger partial charge on any atom is -0.456 e. The summed E-state index contributed by atoms with van der Waals surface area (Å²) in [6, 6.07) is 59.3. The molecule has 0 fully saturated rings. The van der Waals surface area contributed by atoms with Crippen molar-refractivity contribution in [3.63, 3.8) is 0 Å². The van der Waals surface area contributed by atoms with Crippen molar-refractivity contribution in [2.45, 2.75) is 0 Å². The van der Waals surface area contributed by atoms with Gasteiger partial charge in [0.1, 0.15) is 11.2 Å². The molecular weight excluding hydrogens is 621 g/mol. The lowest BCUT2D eigenvalue weighted by Crippen LogP contribution is -2.12. The van der Waals surface area contributed by atoms with E-state index >= 15 is 0 Å². The van der Waals surface area contributed by atoms with Crippen LogP contribution >= 0.6 is 0 Å². The van der Waals surface area contributed by atoms with Gasteiger partial charge < -0.3 is 14.6 Å². The Morgan fingerprint density at radius 2 is 1.08 bits per heavy atom. The van der Waals surface area contributed by atoms with Gasteiger partial charge in [-0.2, -0.15) is 0 Å². The number of hydrogen-bond acceptors (Lipinski definition) is 3. The van der Waals surface area contributed by atoms with Gasteiger partial charge in [-0.05, 0) is 70.3 Å². The van der Waals surface area contributed by atoms with E-state index in [-0.39, 0.29) is 0 Å². The number of rotatable bonds is 6. The smallest absolute Gasteiger partial charge is 0.136 e. The van der Waals surface area contributed by atoms with Crippen molar-refractivity contribution in [3.8, 4) is 22.3 Å². The second kappa shape index (κ2) is 12.9. The molecular formula is C48H34N2O. The Balaban J connectivity index is 1.08. The summed E-state index contributed by atoms with van der Waals surface area (Å²) >= 11 is 0. The van der Waals surface area contributed by atoms with Crippen molar-refractivity contribution >= 4 is 55.8 Å². The summed E-state index contributed by atoms with van der Waals surface area (Å²) in [5.41, 5.74) is 14.9. The molecule has 9 rings (SSSR count). The average Bonchev–Trinajstić information content (AvgIpc) is 3.57. The molecule has 0 unspecified atom stereocenters. The molecule has 2 heterocycles. The van der Waals surface area contributed by atoms with Crippen LogP contribution in [0.25, 0.3) is 55.3 Å². The van der Waals surface area contributed by atoms with Gasteiger partial charge in [0.15, 0.2) is 0 Å². The monoisotopic (exact) mass is 654 g/mol. The van der Waals surface area contributed by atoms with Gasteiger partial charge in [-0.15, -0.1) is 0 Å². The van der Waals surface area contributed by atoms with Gasteiger partial charge in [0.25, 0.3) is 0 Å². The first-order chi connectivity index (χ1) is 25.2. The van der Waals surface area contributed by atoms with E-state index in [9.17, 15) is 0 Å². The highest BCUT2D eigenvalue weighted by molar-refractivity contribution is 6.13. The van der Waals surface area contributed by atoms with Crippen LogP contribution in [0.5, 0.6) is 0 Å². The number of furan rings is 1. The van der Waals surface area contributed by atoms with Crippen molar-refractivity contribution in [2.24, 2.45) is 0 Å². The topological polar surface area (TPSA) is 28.4 Å². The molecule has 0 amide bonds. The molecule has 0 aliphatic carbocycles. The van der Waals surface area contributed by atoms with Crippen molar-refractivity contribution in [3.05, 3.63) is 206 Å². The molecule has 0 atom stereocenters. The number of anilines is 4. The summed E-state index contributed by atoms with van der Waals surface area (Å²) in [4.78, 5) is 2.26. The summed E-state index contributed by atoms with van der Waals surface area (Å²) in [5.74, 6) is 0. The normalized spacial score (nSPS) is 14.4. The van der Waals surface area contributed by atoms with Crippen LogP contribution < -0.4 is 10.2 Å². The zero-order valence-corrected chi connectivity index (χ0v) is 28.0. The molecule has 3 nitrogen and oxygen atoms in total. The largest absolute Gasteiger partial charge is 0.456 e. The number of para-hydroxylation sites is 5. The summed E-state index contributed by atoms with van der Waals surface area (Å²) in [5, 5.41) is 6.05. The summed E-state index contributed by atoms with van der Waals surface area (Å²) in [6.45, 7) is 4.41. The van der Waals surface area contributed by atoms with Crippen molar-refractivity contribution in [2.75, 3.05) is 10.2 Å². The number of nitrogens with one attached hydrogen (secondary N) is 1. The number of hydrogen-bond donors (Lipinski definition) is 1. The maximum Gasteiger partial charge on any atom is 0.136 e. The van der Waals surface area contributed by atoms with Crippen LogP contribution in [-0.4, -0.2) is 0 Å². The predicted octanol–water partition coefficient (Wildman–Crippen LogP) is 13.4. The molecule has 1 N–H and O–H groups in total. The van der Waals surface area contributed by atoms with Crippen LogP contribution in [0.1, 0.15) is 11.1 Å². The van der Waals surface area contributed by atoms with Gasteiger partial charge in [0.2, 0.25) is 0 Å². The highest BCUT2D eigenvalue weighted by Gasteiger charge is 2.18. The lowest BCUT2D eigenvalue weighted by molar-refractivity contribution is 0.669. The molecule has 0 bridgehead atoms. The predicted molar refractivity (Wildman–Crippen MR) is 215 cm³/mol. The molecule has 3 heteroatoms. The first-order valence-electron chi connectivity index (χ1n) is 17.2. The van der Waals surface area contributed by atoms with E-state index in [1.807, 2.05) is 18.2 Å². The Kier molecular flexibility index (Phi) is 7.64. The van der Waals surface area contributed by atoms with Gasteiger partial charge in [0, 0.05) is 50.7 Å². The standard InChI is InChI=1S/C48H34N2O/c1-33-26-27-36(32-50(37-14-3-2-4-15-37)45-23-11-7-16-38(33)45)34-28-30-35(31-29-34)39-17-5-9-21-43(39)49-44-22-10-6-18-40(44)41-20-13-25-47-48(41)42-19-8-12-24-46(42)51-47/h2-32,49H,1H2/b27-26-,36-32+. The first kappa shape index (κ1) is 30.2. The highest BCUT2D eigenvalue weighted by atomic mass is 16.3. The summed E-state index contributed by atoms with van der Waals surface area (Å²) in [7, 11) is 0. The number of benzene rings is 7. The van der Waals surface area contributed by atoms with Crippen molar-refractivity contribution in [1.29, 1.82) is 0 Å². The van der Waals surface area contributed by atoms with Crippen LogP contribution in [0.15, 0.2) is 199 Å². The SMILES string of the molecule is C=C1/C=C\C(c2ccc(-c3ccccc3Nc3ccccc3-c3cccc4oc5ccccc5c34)cc2)=C/N(c2ccccc2)c2ccccc21. The maximum absolute atomic E-state index is 6.23. The van der Waals surface area contributed by atoms with E-state index in [4.69, 9.17) is 4.42 Å².